The lowest BCUT2D eigenvalue weighted by Gasteiger charge is -2.25. The van der Waals surface area contributed by atoms with Gasteiger partial charge >= 0.3 is 6.18 Å². The summed E-state index contributed by atoms with van der Waals surface area (Å²) in [6.45, 7) is 2.82. The van der Waals surface area contributed by atoms with Crippen LogP contribution in [0.25, 0.3) is 0 Å². The molecule has 2 aromatic carbocycles. The molecule has 27 heavy (non-hydrogen) atoms. The van der Waals surface area contributed by atoms with Gasteiger partial charge in [0.2, 0.25) is 11.8 Å². The van der Waals surface area contributed by atoms with Crippen LogP contribution < -0.4 is 10.2 Å². The highest BCUT2D eigenvalue weighted by Gasteiger charge is 2.36. The van der Waals surface area contributed by atoms with Gasteiger partial charge < -0.3 is 10.2 Å². The molecular weight excluding hydrogens is 381 g/mol. The number of rotatable bonds is 5. The minimum Gasteiger partial charge on any atom is -0.326 e. The summed E-state index contributed by atoms with van der Waals surface area (Å²) >= 11 is 5.67. The smallest absolute Gasteiger partial charge is 0.326 e. The van der Waals surface area contributed by atoms with Crippen molar-refractivity contribution in [3.8, 4) is 0 Å². The predicted molar refractivity (Wildman–Crippen MR) is 98.9 cm³/mol. The van der Waals surface area contributed by atoms with Gasteiger partial charge in [0, 0.05) is 30.6 Å². The lowest BCUT2D eigenvalue weighted by Crippen LogP contribution is -2.33. The molecule has 0 aliphatic rings. The molecule has 0 saturated carbocycles. The number of nitrogens with zero attached hydrogens (tertiary/aromatic N) is 1. The van der Waals surface area contributed by atoms with Gasteiger partial charge in [-0.1, -0.05) is 23.7 Å². The maximum absolute atomic E-state index is 13.3. The number of hydrogen-bond acceptors (Lipinski definition) is 2. The highest BCUT2D eigenvalue weighted by Crippen LogP contribution is 2.38. The first kappa shape index (κ1) is 20.8. The van der Waals surface area contributed by atoms with Gasteiger partial charge in [0.05, 0.1) is 11.3 Å². The van der Waals surface area contributed by atoms with Crippen LogP contribution in [-0.2, 0) is 15.8 Å². The van der Waals surface area contributed by atoms with E-state index in [0.29, 0.717) is 5.69 Å². The van der Waals surface area contributed by atoms with E-state index >= 15 is 0 Å². The zero-order chi connectivity index (χ0) is 20.2. The molecule has 0 heterocycles. The number of halogens is 4. The maximum atomic E-state index is 13.3. The van der Waals surface area contributed by atoms with E-state index in [9.17, 15) is 22.8 Å². The molecule has 4 nitrogen and oxygen atoms in total. The number of anilines is 2. The number of aryl methyl sites for hydroxylation is 1. The molecule has 0 fully saturated rings. The van der Waals surface area contributed by atoms with Gasteiger partial charge in [-0.15, -0.1) is 0 Å². The number of benzene rings is 2. The quantitative estimate of drug-likeness (QED) is 0.766. The molecule has 8 heteroatoms. The zero-order valence-corrected chi connectivity index (χ0v) is 15.5. The van der Waals surface area contributed by atoms with E-state index in [1.807, 2.05) is 13.0 Å². The topological polar surface area (TPSA) is 49.4 Å². The Morgan fingerprint density at radius 2 is 1.85 bits per heavy atom. The predicted octanol–water partition coefficient (Wildman–Crippen LogP) is 5.05. The van der Waals surface area contributed by atoms with E-state index in [1.54, 1.807) is 18.2 Å². The van der Waals surface area contributed by atoms with Crippen LogP contribution in [-0.4, -0.2) is 18.4 Å². The van der Waals surface area contributed by atoms with Crippen LogP contribution in [0.5, 0.6) is 0 Å². The normalized spacial score (nSPS) is 11.2. The first-order valence-corrected chi connectivity index (χ1v) is 8.47. The van der Waals surface area contributed by atoms with Crippen molar-refractivity contribution >= 4 is 34.8 Å². The third-order valence-corrected chi connectivity index (χ3v) is 4.03. The summed E-state index contributed by atoms with van der Waals surface area (Å²) in [4.78, 5) is 25.0. The molecule has 2 aromatic rings. The van der Waals surface area contributed by atoms with Crippen LogP contribution >= 0.6 is 11.6 Å². The second-order valence-electron chi connectivity index (χ2n) is 6.00. The molecule has 0 aliphatic heterocycles. The maximum Gasteiger partial charge on any atom is 0.418 e. The minimum absolute atomic E-state index is 0.0910. The van der Waals surface area contributed by atoms with Gasteiger partial charge in [0.1, 0.15) is 0 Å². The summed E-state index contributed by atoms with van der Waals surface area (Å²) in [6, 6.07) is 10.3. The fraction of sp³-hybridized carbons (Fsp3) is 0.263. The molecule has 0 aromatic heterocycles. The van der Waals surface area contributed by atoms with Crippen LogP contribution in [0.4, 0.5) is 24.5 Å². The zero-order valence-electron chi connectivity index (χ0n) is 14.7. The van der Waals surface area contributed by atoms with E-state index in [4.69, 9.17) is 11.6 Å². The Morgan fingerprint density at radius 1 is 1.15 bits per heavy atom. The second-order valence-corrected chi connectivity index (χ2v) is 6.43. The van der Waals surface area contributed by atoms with Crippen molar-refractivity contribution in [2.75, 3.05) is 16.8 Å². The van der Waals surface area contributed by atoms with E-state index in [1.165, 1.54) is 6.07 Å². The van der Waals surface area contributed by atoms with Gasteiger partial charge in [-0.2, -0.15) is 13.2 Å². The van der Waals surface area contributed by atoms with E-state index in [2.05, 4.69) is 5.32 Å². The number of nitrogens with one attached hydrogen (secondary N) is 1. The highest BCUT2D eigenvalue weighted by atomic mass is 35.5. The first-order valence-electron chi connectivity index (χ1n) is 8.09. The molecule has 1 N–H and O–H groups in total. The average molecular weight is 399 g/mol. The van der Waals surface area contributed by atoms with Crippen molar-refractivity contribution in [3.63, 3.8) is 0 Å². The number of hydrogen-bond donors (Lipinski definition) is 1. The van der Waals surface area contributed by atoms with Gasteiger partial charge in [0.25, 0.3) is 0 Å². The molecule has 0 bridgehead atoms. The van der Waals surface area contributed by atoms with Crippen LogP contribution in [0.1, 0.15) is 24.5 Å². The van der Waals surface area contributed by atoms with E-state index in [0.717, 1.165) is 29.5 Å². The lowest BCUT2D eigenvalue weighted by molar-refractivity contribution is -0.137. The summed E-state index contributed by atoms with van der Waals surface area (Å²) in [7, 11) is 0. The Labute approximate surface area is 159 Å². The van der Waals surface area contributed by atoms with Crippen LogP contribution in [0, 0.1) is 6.92 Å². The van der Waals surface area contributed by atoms with Crippen LogP contribution in [0.2, 0.25) is 5.02 Å². The molecular formula is C19H18ClF3N2O2. The fourth-order valence-corrected chi connectivity index (χ4v) is 2.75. The molecule has 0 spiro atoms. The first-order chi connectivity index (χ1) is 12.6. The van der Waals surface area contributed by atoms with Crippen molar-refractivity contribution in [2.45, 2.75) is 26.4 Å². The second kappa shape index (κ2) is 8.43. The number of alkyl halides is 3. The largest absolute Gasteiger partial charge is 0.418 e. The Kier molecular flexibility index (Phi) is 6.49. The Hall–Kier alpha value is -2.54. The third-order valence-electron chi connectivity index (χ3n) is 3.80. The van der Waals surface area contributed by atoms with Crippen molar-refractivity contribution in [1.29, 1.82) is 0 Å². The monoisotopic (exact) mass is 398 g/mol. The Bertz CT molecular complexity index is 853. The summed E-state index contributed by atoms with van der Waals surface area (Å²) in [5.74, 6) is -1.01. The Morgan fingerprint density at radius 3 is 2.44 bits per heavy atom. The fourth-order valence-electron chi connectivity index (χ4n) is 2.58. The third kappa shape index (κ3) is 5.72. The SMILES string of the molecule is CC(=O)N(CCC(=O)Nc1cccc(C)c1)c1ccc(Cl)cc1C(F)(F)F. The minimum atomic E-state index is -4.68. The summed E-state index contributed by atoms with van der Waals surface area (Å²) in [5.41, 5.74) is 0.179. The summed E-state index contributed by atoms with van der Waals surface area (Å²) < 4.78 is 39.9. The van der Waals surface area contributed by atoms with Crippen molar-refractivity contribution in [2.24, 2.45) is 0 Å². The number of amides is 2. The van der Waals surface area contributed by atoms with Crippen molar-refractivity contribution in [1.82, 2.24) is 0 Å². The van der Waals surface area contributed by atoms with Gasteiger partial charge in [-0.3, -0.25) is 9.59 Å². The van der Waals surface area contributed by atoms with E-state index < -0.39 is 23.6 Å². The standard InChI is InChI=1S/C19H18ClF3N2O2/c1-12-4-3-5-15(10-12)24-18(27)8-9-25(13(2)26)17-7-6-14(20)11-16(17)19(21,22)23/h3-7,10-11H,8-9H2,1-2H3,(H,24,27). The lowest BCUT2D eigenvalue weighted by atomic mass is 10.1. The molecule has 2 rings (SSSR count). The molecule has 0 unspecified atom stereocenters. The van der Waals surface area contributed by atoms with Gasteiger partial charge in [-0.05, 0) is 42.8 Å². The van der Waals surface area contributed by atoms with Gasteiger partial charge in [0.15, 0.2) is 0 Å². The highest BCUT2D eigenvalue weighted by molar-refractivity contribution is 6.30. The summed E-state index contributed by atoms with van der Waals surface area (Å²) in [5, 5.41) is 2.57. The molecule has 0 atom stereocenters. The van der Waals surface area contributed by atoms with E-state index in [-0.39, 0.29) is 23.7 Å². The molecule has 0 saturated heterocycles. The summed E-state index contributed by atoms with van der Waals surface area (Å²) in [6.07, 6.45) is -4.84. The molecule has 2 amide bonds. The Balaban J connectivity index is 2.17. The van der Waals surface area contributed by atoms with Crippen molar-refractivity contribution in [3.05, 3.63) is 58.6 Å². The molecule has 0 aliphatic carbocycles. The number of carbonyl (C=O) groups excluding carboxylic acids is 2. The number of carbonyl (C=O) groups is 2. The van der Waals surface area contributed by atoms with Gasteiger partial charge in [-0.25, -0.2) is 0 Å². The van der Waals surface area contributed by atoms with Crippen LogP contribution in [0.15, 0.2) is 42.5 Å². The average Bonchev–Trinajstić information content (AvgIpc) is 2.55. The van der Waals surface area contributed by atoms with Crippen molar-refractivity contribution < 1.29 is 22.8 Å². The molecule has 144 valence electrons. The van der Waals surface area contributed by atoms with Crippen LogP contribution in [0.3, 0.4) is 0 Å². The molecule has 0 radical (unpaired) electrons.